The molecule has 0 atom stereocenters. The quantitative estimate of drug-likeness (QED) is 0.763. The van der Waals surface area contributed by atoms with Crippen LogP contribution in [0, 0.1) is 0 Å². The molecule has 0 saturated carbocycles. The summed E-state index contributed by atoms with van der Waals surface area (Å²) < 4.78 is 38.7. The lowest BCUT2D eigenvalue weighted by Crippen LogP contribution is -2.08. The highest BCUT2D eigenvalue weighted by Gasteiger charge is 2.33. The fourth-order valence-electron chi connectivity index (χ4n) is 1.64. The molecule has 0 fully saturated rings. The standard InChI is InChI=1S/C13H8F3NO/c14-13(15,16)12-6-9(8-18)3-4-11(12)10-2-1-5-17-7-10/h1-8H. The highest BCUT2D eigenvalue weighted by molar-refractivity contribution is 5.78. The van der Waals surface area contributed by atoms with E-state index in [2.05, 4.69) is 4.98 Å². The molecular weight excluding hydrogens is 243 g/mol. The molecule has 5 heteroatoms. The van der Waals surface area contributed by atoms with Gasteiger partial charge in [-0.05, 0) is 17.7 Å². The molecule has 2 nitrogen and oxygen atoms in total. The molecule has 0 aliphatic carbocycles. The summed E-state index contributed by atoms with van der Waals surface area (Å²) in [4.78, 5) is 14.3. The number of hydrogen-bond donors (Lipinski definition) is 0. The number of hydrogen-bond acceptors (Lipinski definition) is 2. The van der Waals surface area contributed by atoms with E-state index in [-0.39, 0.29) is 11.1 Å². The Morgan fingerprint density at radius 2 is 1.94 bits per heavy atom. The molecule has 0 aliphatic heterocycles. The normalized spacial score (nSPS) is 11.3. The average Bonchev–Trinajstić information content (AvgIpc) is 2.38. The lowest BCUT2D eigenvalue weighted by molar-refractivity contribution is -0.137. The third-order valence-corrected chi connectivity index (χ3v) is 2.46. The van der Waals surface area contributed by atoms with Crippen LogP contribution in [0.15, 0.2) is 42.7 Å². The maximum Gasteiger partial charge on any atom is 0.417 e. The van der Waals surface area contributed by atoms with Crippen LogP contribution in [0.4, 0.5) is 13.2 Å². The molecule has 0 saturated heterocycles. The summed E-state index contributed by atoms with van der Waals surface area (Å²) in [6.07, 6.45) is -1.28. The summed E-state index contributed by atoms with van der Waals surface area (Å²) in [6, 6.07) is 6.57. The van der Waals surface area contributed by atoms with E-state index in [4.69, 9.17) is 0 Å². The highest BCUT2D eigenvalue weighted by Crippen LogP contribution is 2.37. The van der Waals surface area contributed by atoms with E-state index in [9.17, 15) is 18.0 Å². The maximum atomic E-state index is 12.9. The van der Waals surface area contributed by atoms with Gasteiger partial charge in [0.2, 0.25) is 0 Å². The molecule has 0 radical (unpaired) electrons. The number of carbonyl (C=O) groups excluding carboxylic acids is 1. The second kappa shape index (κ2) is 4.60. The topological polar surface area (TPSA) is 30.0 Å². The van der Waals surface area contributed by atoms with Crippen molar-refractivity contribution in [3.05, 3.63) is 53.9 Å². The van der Waals surface area contributed by atoms with E-state index in [1.807, 2.05) is 0 Å². The first-order valence-corrected chi connectivity index (χ1v) is 5.09. The summed E-state index contributed by atoms with van der Waals surface area (Å²) in [5.41, 5.74) is -0.460. The number of pyridine rings is 1. The number of rotatable bonds is 2. The van der Waals surface area contributed by atoms with Crippen molar-refractivity contribution in [2.45, 2.75) is 6.18 Å². The average molecular weight is 251 g/mol. The van der Waals surface area contributed by atoms with Gasteiger partial charge in [0.1, 0.15) is 6.29 Å². The minimum absolute atomic E-state index is 0.00466. The van der Waals surface area contributed by atoms with Crippen molar-refractivity contribution in [3.63, 3.8) is 0 Å². The largest absolute Gasteiger partial charge is 0.417 e. The molecule has 18 heavy (non-hydrogen) atoms. The third-order valence-electron chi connectivity index (χ3n) is 2.46. The van der Waals surface area contributed by atoms with Gasteiger partial charge in [-0.3, -0.25) is 9.78 Å². The number of alkyl halides is 3. The monoisotopic (exact) mass is 251 g/mol. The zero-order valence-corrected chi connectivity index (χ0v) is 9.11. The van der Waals surface area contributed by atoms with E-state index in [0.29, 0.717) is 11.8 Å². The Bertz CT molecular complexity index is 564. The zero-order valence-electron chi connectivity index (χ0n) is 9.11. The van der Waals surface area contributed by atoms with Gasteiger partial charge >= 0.3 is 6.18 Å². The van der Waals surface area contributed by atoms with E-state index >= 15 is 0 Å². The molecule has 2 rings (SSSR count). The van der Waals surface area contributed by atoms with Crippen LogP contribution in [0.25, 0.3) is 11.1 Å². The van der Waals surface area contributed by atoms with Crippen LogP contribution < -0.4 is 0 Å². The first-order valence-electron chi connectivity index (χ1n) is 5.09. The Hall–Kier alpha value is -2.17. The first kappa shape index (κ1) is 12.3. The molecular formula is C13H8F3NO. The van der Waals surface area contributed by atoms with Gasteiger partial charge in [0.25, 0.3) is 0 Å². The van der Waals surface area contributed by atoms with Crippen LogP contribution in [0.2, 0.25) is 0 Å². The van der Waals surface area contributed by atoms with Crippen molar-refractivity contribution in [1.29, 1.82) is 0 Å². The Morgan fingerprint density at radius 1 is 1.17 bits per heavy atom. The lowest BCUT2D eigenvalue weighted by Gasteiger charge is -2.13. The van der Waals surface area contributed by atoms with Crippen molar-refractivity contribution >= 4 is 6.29 Å². The fraction of sp³-hybridized carbons (Fsp3) is 0.0769. The van der Waals surface area contributed by atoms with Crippen molar-refractivity contribution in [2.24, 2.45) is 0 Å². The number of nitrogens with zero attached hydrogens (tertiary/aromatic N) is 1. The Balaban J connectivity index is 2.64. The van der Waals surface area contributed by atoms with E-state index < -0.39 is 11.7 Å². The maximum absolute atomic E-state index is 12.9. The molecule has 0 bridgehead atoms. The van der Waals surface area contributed by atoms with Crippen molar-refractivity contribution in [1.82, 2.24) is 4.98 Å². The summed E-state index contributed by atoms with van der Waals surface area (Å²) in [7, 11) is 0. The van der Waals surface area contributed by atoms with Gasteiger partial charge in [-0.2, -0.15) is 13.2 Å². The van der Waals surface area contributed by atoms with Gasteiger partial charge in [-0.1, -0.05) is 18.2 Å². The molecule has 0 N–H and O–H groups in total. The molecule has 0 spiro atoms. The predicted octanol–water partition coefficient (Wildman–Crippen LogP) is 3.58. The van der Waals surface area contributed by atoms with Crippen LogP contribution in [0.3, 0.4) is 0 Å². The second-order valence-electron chi connectivity index (χ2n) is 3.66. The smallest absolute Gasteiger partial charge is 0.298 e. The van der Waals surface area contributed by atoms with Gasteiger partial charge in [0, 0.05) is 23.5 Å². The minimum atomic E-state index is -4.51. The third kappa shape index (κ3) is 2.40. The van der Waals surface area contributed by atoms with Gasteiger partial charge < -0.3 is 0 Å². The molecule has 1 heterocycles. The molecule has 1 aromatic heterocycles. The summed E-state index contributed by atoms with van der Waals surface area (Å²) >= 11 is 0. The summed E-state index contributed by atoms with van der Waals surface area (Å²) in [6.45, 7) is 0. The van der Waals surface area contributed by atoms with Crippen LogP contribution >= 0.6 is 0 Å². The molecule has 0 unspecified atom stereocenters. The highest BCUT2D eigenvalue weighted by atomic mass is 19.4. The van der Waals surface area contributed by atoms with Crippen LogP contribution in [-0.4, -0.2) is 11.3 Å². The fourth-order valence-corrected chi connectivity index (χ4v) is 1.64. The lowest BCUT2D eigenvalue weighted by atomic mass is 9.98. The van der Waals surface area contributed by atoms with Crippen LogP contribution in [-0.2, 0) is 6.18 Å². The molecule has 0 aliphatic rings. The predicted molar refractivity (Wildman–Crippen MR) is 60.1 cm³/mol. The number of benzene rings is 1. The first-order chi connectivity index (χ1) is 8.52. The number of aldehydes is 1. The van der Waals surface area contributed by atoms with Gasteiger partial charge in [0.15, 0.2) is 0 Å². The second-order valence-corrected chi connectivity index (χ2v) is 3.66. The number of halogens is 3. The molecule has 2 aromatic rings. The van der Waals surface area contributed by atoms with Crippen molar-refractivity contribution < 1.29 is 18.0 Å². The van der Waals surface area contributed by atoms with Gasteiger partial charge in [-0.25, -0.2) is 0 Å². The van der Waals surface area contributed by atoms with Crippen LogP contribution in [0.5, 0.6) is 0 Å². The zero-order chi connectivity index (χ0) is 13.2. The summed E-state index contributed by atoms with van der Waals surface area (Å²) in [5.74, 6) is 0. The van der Waals surface area contributed by atoms with Crippen LogP contribution in [0.1, 0.15) is 15.9 Å². The number of aromatic nitrogens is 1. The van der Waals surface area contributed by atoms with E-state index in [0.717, 1.165) is 6.07 Å². The SMILES string of the molecule is O=Cc1ccc(-c2cccnc2)c(C(F)(F)F)c1. The molecule has 92 valence electrons. The summed E-state index contributed by atoms with van der Waals surface area (Å²) in [5, 5.41) is 0. The minimum Gasteiger partial charge on any atom is -0.298 e. The van der Waals surface area contributed by atoms with Crippen molar-refractivity contribution in [2.75, 3.05) is 0 Å². The van der Waals surface area contributed by atoms with Gasteiger partial charge in [-0.15, -0.1) is 0 Å². The Morgan fingerprint density at radius 3 is 2.50 bits per heavy atom. The van der Waals surface area contributed by atoms with Crippen molar-refractivity contribution in [3.8, 4) is 11.1 Å². The molecule has 0 amide bonds. The van der Waals surface area contributed by atoms with E-state index in [1.54, 1.807) is 6.07 Å². The Labute approximate surface area is 101 Å². The van der Waals surface area contributed by atoms with E-state index in [1.165, 1.54) is 30.6 Å². The number of carbonyl (C=O) groups is 1. The Kier molecular flexibility index (Phi) is 3.14. The molecule has 1 aromatic carbocycles. The van der Waals surface area contributed by atoms with Gasteiger partial charge in [0.05, 0.1) is 5.56 Å².